The van der Waals surface area contributed by atoms with Crippen molar-refractivity contribution >= 4 is 17.6 Å². The van der Waals surface area contributed by atoms with Crippen molar-refractivity contribution in [2.75, 3.05) is 44.9 Å². The molecule has 78 heavy (non-hydrogen) atoms. The molecule has 20 N–H and O–H groups in total. The minimum atomic E-state index is -2.25. The minimum Gasteiger partial charge on any atom is -0.394 e. The van der Waals surface area contributed by atoms with Crippen molar-refractivity contribution in [1.29, 1.82) is 0 Å². The number of carbonyl (C=O) groups excluding carboxylic acids is 2. The molecule has 0 aromatic carbocycles. The number of carbonyl (C=O) groups is 2. The van der Waals surface area contributed by atoms with Gasteiger partial charge in [-0.15, -0.1) is 0 Å². The lowest BCUT2D eigenvalue weighted by atomic mass is 9.94. The smallest absolute Gasteiger partial charge is 0.217 e. The van der Waals surface area contributed by atoms with Gasteiger partial charge in [0.05, 0.1) is 45.2 Å². The van der Waals surface area contributed by atoms with Gasteiger partial charge in [0.1, 0.15) is 140 Å². The summed E-state index contributed by atoms with van der Waals surface area (Å²) < 4.78 is 57.4. The van der Waals surface area contributed by atoms with Gasteiger partial charge in [-0.1, -0.05) is 6.07 Å². The highest BCUT2D eigenvalue weighted by atomic mass is 16.8. The number of ether oxygens (including phenoxy) is 10. The van der Waals surface area contributed by atoms with Gasteiger partial charge in [-0.05, 0) is 19.1 Å². The van der Waals surface area contributed by atoms with Crippen LogP contribution in [0.1, 0.15) is 20.8 Å². The topological polar surface area (TPSA) is 519 Å². The van der Waals surface area contributed by atoms with Crippen molar-refractivity contribution in [2.24, 2.45) is 0 Å². The number of aromatic nitrogens is 1. The lowest BCUT2D eigenvalue weighted by Gasteiger charge is -2.49. The zero-order chi connectivity index (χ0) is 57.4. The average molecular weight is 1140 g/mol. The van der Waals surface area contributed by atoms with Crippen LogP contribution >= 0.6 is 0 Å². The summed E-state index contributed by atoms with van der Waals surface area (Å²) >= 11 is 0. The Morgan fingerprint density at radius 2 is 1.13 bits per heavy atom. The van der Waals surface area contributed by atoms with E-state index in [0.717, 1.165) is 13.8 Å². The summed E-state index contributed by atoms with van der Waals surface area (Å²) in [6.07, 6.45) is -49.4. The molecule has 0 bridgehead atoms. The third-order valence-electron chi connectivity index (χ3n) is 13.8. The Kier molecular flexibility index (Phi) is 23.5. The van der Waals surface area contributed by atoms with Gasteiger partial charge >= 0.3 is 0 Å². The summed E-state index contributed by atoms with van der Waals surface area (Å²) in [4.78, 5) is 29.6. The normalized spacial score (nSPS) is 42.9. The van der Waals surface area contributed by atoms with Crippen LogP contribution in [0.4, 0.5) is 5.82 Å². The first-order chi connectivity index (χ1) is 36.9. The van der Waals surface area contributed by atoms with Crippen molar-refractivity contribution in [3.05, 3.63) is 24.4 Å². The van der Waals surface area contributed by atoms with Crippen molar-refractivity contribution in [2.45, 2.75) is 199 Å². The van der Waals surface area contributed by atoms with E-state index in [1.807, 2.05) is 0 Å². The fourth-order valence-corrected chi connectivity index (χ4v) is 9.36. The maximum atomic E-state index is 12.9. The van der Waals surface area contributed by atoms with Crippen LogP contribution in [-0.4, -0.2) is 321 Å². The van der Waals surface area contributed by atoms with Gasteiger partial charge in [0, 0.05) is 26.6 Å². The largest absolute Gasteiger partial charge is 0.394 e. The number of aliphatic hydroxyl groups is 17. The molecule has 1 aromatic heterocycles. The lowest BCUT2D eigenvalue weighted by molar-refractivity contribution is -0.382. The molecule has 0 saturated carbocycles. The summed E-state index contributed by atoms with van der Waals surface area (Å²) in [6, 6.07) is 1.59. The number of anilines is 1. The molecule has 0 spiro atoms. The quantitative estimate of drug-likeness (QED) is 0.0484. The van der Waals surface area contributed by atoms with Crippen LogP contribution < -0.4 is 16.0 Å². The second-order valence-corrected chi connectivity index (χ2v) is 19.5. The van der Waals surface area contributed by atoms with Gasteiger partial charge in [0.25, 0.3) is 0 Å². The maximum Gasteiger partial charge on any atom is 0.217 e. The summed E-state index contributed by atoms with van der Waals surface area (Å²) in [5, 5.41) is 192. The van der Waals surface area contributed by atoms with Gasteiger partial charge in [0.15, 0.2) is 31.5 Å². The molecule has 0 aliphatic carbocycles. The van der Waals surface area contributed by atoms with Crippen molar-refractivity contribution in [3.63, 3.8) is 0 Å². The molecular formula is C45H74N4O29. The fraction of sp³-hybridized carbons (Fsp3) is 0.844. The van der Waals surface area contributed by atoms with E-state index >= 15 is 0 Å². The van der Waals surface area contributed by atoms with E-state index in [1.54, 1.807) is 18.2 Å². The molecule has 29 atom stereocenters. The number of aliphatic hydroxyl groups excluding tert-OH is 17. The third kappa shape index (κ3) is 15.1. The first kappa shape index (κ1) is 64.0. The molecule has 33 heteroatoms. The van der Waals surface area contributed by atoms with E-state index in [2.05, 4.69) is 20.9 Å². The number of nitrogens with one attached hydrogen (secondary N) is 3. The third-order valence-corrected chi connectivity index (χ3v) is 13.8. The van der Waals surface area contributed by atoms with Crippen molar-refractivity contribution < 1.29 is 144 Å². The predicted molar refractivity (Wildman–Crippen MR) is 249 cm³/mol. The van der Waals surface area contributed by atoms with E-state index in [1.165, 1.54) is 13.1 Å². The Bertz CT molecular complexity index is 1990. The highest BCUT2D eigenvalue weighted by molar-refractivity contribution is 5.73. The minimum absolute atomic E-state index is 0.280. The summed E-state index contributed by atoms with van der Waals surface area (Å²) in [5.74, 6) is -1.28. The average Bonchev–Trinajstić information content (AvgIpc) is 3.51. The van der Waals surface area contributed by atoms with E-state index in [9.17, 15) is 96.4 Å². The van der Waals surface area contributed by atoms with Gasteiger partial charge in [-0.2, -0.15) is 0 Å². The van der Waals surface area contributed by atoms with Crippen molar-refractivity contribution in [1.82, 2.24) is 15.6 Å². The van der Waals surface area contributed by atoms with E-state index in [0.29, 0.717) is 0 Å². The predicted octanol–water partition coefficient (Wildman–Crippen LogP) is -11.6. The molecule has 448 valence electrons. The monoisotopic (exact) mass is 1130 g/mol. The second-order valence-electron chi connectivity index (χ2n) is 19.5. The number of nitrogens with zero attached hydrogens (tertiary/aromatic N) is 1. The van der Waals surface area contributed by atoms with Crippen LogP contribution in [0.2, 0.25) is 0 Å². The molecule has 1 aromatic rings. The summed E-state index contributed by atoms with van der Waals surface area (Å²) in [5.41, 5.74) is 0. The van der Waals surface area contributed by atoms with E-state index < -0.39 is 223 Å². The summed E-state index contributed by atoms with van der Waals surface area (Å²) in [7, 11) is 0. The molecule has 6 heterocycles. The van der Waals surface area contributed by atoms with Crippen LogP contribution in [-0.2, 0) is 57.0 Å². The van der Waals surface area contributed by atoms with Crippen molar-refractivity contribution in [3.8, 4) is 0 Å². The Morgan fingerprint density at radius 3 is 1.71 bits per heavy atom. The Hall–Kier alpha value is -3.19. The zero-order valence-electron chi connectivity index (χ0n) is 42.2. The zero-order valence-corrected chi connectivity index (χ0v) is 42.2. The maximum absolute atomic E-state index is 12.9. The number of rotatable bonds is 23. The molecule has 5 saturated heterocycles. The number of amides is 2. The molecule has 5 fully saturated rings. The number of pyridine rings is 1. The molecule has 6 rings (SSSR count). The van der Waals surface area contributed by atoms with Crippen LogP contribution in [0.25, 0.3) is 0 Å². The van der Waals surface area contributed by atoms with Gasteiger partial charge in [-0.25, -0.2) is 4.98 Å². The molecule has 5 aliphatic heterocycles. The second kappa shape index (κ2) is 28.7. The number of hydrogen-bond donors (Lipinski definition) is 20. The molecule has 2 amide bonds. The molecule has 0 radical (unpaired) electrons. The highest BCUT2D eigenvalue weighted by Crippen LogP contribution is 2.35. The van der Waals surface area contributed by atoms with Gasteiger partial charge < -0.3 is 150 Å². The highest BCUT2D eigenvalue weighted by Gasteiger charge is 2.56. The molecule has 33 nitrogen and oxygen atoms in total. The Labute approximate surface area is 444 Å². The standard InChI is InChI=1S/C45H74N4O29/c1-14-25(56)31(62)34(65)42(71-14)69-12-18(55)38(26(57)17(48-15(2)53)8-47-23-6-4-5-7-46-23)76-41-24(49-16(3)54)30(61)39(21(11-52)74-41)77-45-37(68)40(78-44-36(67)33(64)28(59)20(10-51)73-44)29(60)22(75-45)13-70-43-35(66)32(63)27(58)19(9-50)72-43/h4-7,14,17-22,24-45,50-52,55-68H,8-13H2,1-3H3,(H,46,47)(H,48,53)(H,49,54)/t14-,17-,18+,19+,20+,21+,22+,24+,25+,26+,27+,28+,29+,30+,31+,32-,33-,34-,35-,36-,37-,38+,39+,40-,41-,42+,43-,44+,45-/m0/s1. The lowest BCUT2D eigenvalue weighted by Crippen LogP contribution is -2.69. The first-order valence-corrected chi connectivity index (χ1v) is 24.9. The summed E-state index contributed by atoms with van der Waals surface area (Å²) in [6.45, 7) is -1.49. The fourth-order valence-electron chi connectivity index (χ4n) is 9.36. The Morgan fingerprint density at radius 1 is 0.590 bits per heavy atom. The SMILES string of the molecule is CC(=O)N[C@H]1[C@H](O[C@@H]([C@H](O)[C@H](CNc2ccccn2)NC(C)=O)[C@H](O)CO[C@@H]2O[C@@H](C)[C@@H](O)[C@@H](O)[C@@H]2O)O[C@H](CO)[C@@H](O[C@@H]2O[C@H](CO[C@H]3O[C@H](CO)[C@@H](O)[C@H](O)[C@@H]3O)[C@@H](O)[C@H](O[C@H]3O[C@H](CO)[C@@H](O)[C@H](O)[C@@H]3O)[C@@H]2O)[C@@H]1O. The molecular weight excluding hydrogens is 1060 g/mol. The van der Waals surface area contributed by atoms with Crippen LogP contribution in [0, 0.1) is 0 Å². The Balaban J connectivity index is 1.29. The van der Waals surface area contributed by atoms with Crippen LogP contribution in [0.15, 0.2) is 24.4 Å². The van der Waals surface area contributed by atoms with E-state index in [-0.39, 0.29) is 12.4 Å². The van der Waals surface area contributed by atoms with Crippen LogP contribution in [0.5, 0.6) is 0 Å². The van der Waals surface area contributed by atoms with Gasteiger partial charge in [-0.3, -0.25) is 9.59 Å². The molecule has 5 aliphatic rings. The molecule has 0 unspecified atom stereocenters. The van der Waals surface area contributed by atoms with Gasteiger partial charge in [0.2, 0.25) is 11.8 Å². The first-order valence-electron chi connectivity index (χ1n) is 24.9. The van der Waals surface area contributed by atoms with Crippen LogP contribution in [0.3, 0.4) is 0 Å². The van der Waals surface area contributed by atoms with E-state index in [4.69, 9.17) is 47.4 Å². The number of hydrogen-bond acceptors (Lipinski definition) is 31.